The van der Waals surface area contributed by atoms with Gasteiger partial charge in [0.15, 0.2) is 0 Å². The van der Waals surface area contributed by atoms with Crippen LogP contribution < -0.4 is 5.46 Å². The summed E-state index contributed by atoms with van der Waals surface area (Å²) in [6.45, 7) is 4.50. The van der Waals surface area contributed by atoms with Crippen LogP contribution in [0.5, 0.6) is 0 Å². The largest absolute Gasteiger partial charge is 0.113 e. The quantitative estimate of drug-likeness (QED) is 0.619. The van der Waals surface area contributed by atoms with E-state index in [-0.39, 0.29) is 0 Å². The molecule has 0 N–H and O–H groups in total. The molecule has 1 aromatic carbocycles. The smallest absolute Gasteiger partial charge is 0.0964 e. The maximum Gasteiger partial charge on any atom is 0.113 e. The SMILES string of the molecule is [B]c1cccc(C(CC)CCCC)c1. The zero-order valence-corrected chi connectivity index (χ0v) is 9.29. The van der Waals surface area contributed by atoms with E-state index in [2.05, 4.69) is 32.0 Å². The van der Waals surface area contributed by atoms with Crippen LogP contribution in [0.4, 0.5) is 0 Å². The monoisotopic (exact) mass is 186 g/mol. The van der Waals surface area contributed by atoms with Gasteiger partial charge < -0.3 is 0 Å². The van der Waals surface area contributed by atoms with E-state index in [1.165, 1.54) is 31.2 Å². The fraction of sp³-hybridized carbons (Fsp3) is 0.538. The van der Waals surface area contributed by atoms with Crippen LogP contribution in [-0.4, -0.2) is 7.85 Å². The molecule has 0 aromatic heterocycles. The summed E-state index contributed by atoms with van der Waals surface area (Å²) in [5.74, 6) is 0.693. The van der Waals surface area contributed by atoms with Crippen molar-refractivity contribution in [1.29, 1.82) is 0 Å². The second kappa shape index (κ2) is 5.90. The van der Waals surface area contributed by atoms with Gasteiger partial charge in [0.1, 0.15) is 7.85 Å². The Bertz CT molecular complexity index is 268. The second-order valence-electron chi connectivity index (χ2n) is 3.92. The molecule has 0 fully saturated rings. The Hall–Kier alpha value is -0.715. The average Bonchev–Trinajstić information content (AvgIpc) is 2.19. The van der Waals surface area contributed by atoms with Gasteiger partial charge in [-0.05, 0) is 24.3 Å². The molecule has 0 spiro atoms. The van der Waals surface area contributed by atoms with Gasteiger partial charge in [-0.3, -0.25) is 0 Å². The third kappa shape index (κ3) is 3.21. The summed E-state index contributed by atoms with van der Waals surface area (Å²) in [6, 6.07) is 8.32. The first-order valence-electron chi connectivity index (χ1n) is 5.63. The topological polar surface area (TPSA) is 0 Å². The van der Waals surface area contributed by atoms with Crippen LogP contribution in [0.25, 0.3) is 0 Å². The molecule has 0 nitrogen and oxygen atoms in total. The van der Waals surface area contributed by atoms with Crippen LogP contribution in [0.15, 0.2) is 24.3 Å². The molecule has 14 heavy (non-hydrogen) atoms. The minimum atomic E-state index is 0.693. The van der Waals surface area contributed by atoms with Crippen LogP contribution in [0.1, 0.15) is 51.0 Å². The molecule has 0 amide bonds. The van der Waals surface area contributed by atoms with Crippen molar-refractivity contribution in [1.82, 2.24) is 0 Å². The van der Waals surface area contributed by atoms with Gasteiger partial charge in [-0.1, -0.05) is 56.4 Å². The van der Waals surface area contributed by atoms with Crippen molar-refractivity contribution in [3.05, 3.63) is 29.8 Å². The number of hydrogen-bond acceptors (Lipinski definition) is 0. The van der Waals surface area contributed by atoms with Crippen LogP contribution in [0.3, 0.4) is 0 Å². The molecule has 1 aromatic rings. The summed E-state index contributed by atoms with van der Waals surface area (Å²) >= 11 is 0. The van der Waals surface area contributed by atoms with Crippen molar-refractivity contribution in [3.8, 4) is 0 Å². The molecule has 0 heterocycles. The standard InChI is InChI=1S/C13H19B/c1-3-5-7-11(4-2)12-8-6-9-13(14)10-12/h6,8-11H,3-5,7H2,1-2H3. The lowest BCUT2D eigenvalue weighted by molar-refractivity contribution is 0.570. The van der Waals surface area contributed by atoms with Crippen LogP contribution in [-0.2, 0) is 0 Å². The summed E-state index contributed by atoms with van der Waals surface area (Å²) in [7, 11) is 5.78. The van der Waals surface area contributed by atoms with Crippen molar-refractivity contribution < 1.29 is 0 Å². The Labute approximate surface area is 89.1 Å². The molecule has 2 radical (unpaired) electrons. The fourth-order valence-corrected chi connectivity index (χ4v) is 1.87. The summed E-state index contributed by atoms with van der Waals surface area (Å²) < 4.78 is 0. The number of rotatable bonds is 5. The minimum absolute atomic E-state index is 0.693. The Morgan fingerprint density at radius 2 is 2.07 bits per heavy atom. The molecular formula is C13H19B. The lowest BCUT2D eigenvalue weighted by atomic mass is 9.86. The van der Waals surface area contributed by atoms with Crippen LogP contribution in [0.2, 0.25) is 0 Å². The number of unbranched alkanes of at least 4 members (excludes halogenated alkanes) is 1. The average molecular weight is 186 g/mol. The Morgan fingerprint density at radius 3 is 2.64 bits per heavy atom. The minimum Gasteiger partial charge on any atom is -0.0964 e. The molecule has 0 bridgehead atoms. The van der Waals surface area contributed by atoms with Crippen molar-refractivity contribution in [2.24, 2.45) is 0 Å². The zero-order valence-electron chi connectivity index (χ0n) is 9.29. The first-order valence-corrected chi connectivity index (χ1v) is 5.63. The van der Waals surface area contributed by atoms with E-state index in [4.69, 9.17) is 7.85 Å². The van der Waals surface area contributed by atoms with Crippen LogP contribution >= 0.6 is 0 Å². The zero-order chi connectivity index (χ0) is 10.4. The first kappa shape index (κ1) is 11.4. The predicted octanol–water partition coefficient (Wildman–Crippen LogP) is 3.16. The molecule has 1 heteroatoms. The number of benzene rings is 1. The van der Waals surface area contributed by atoms with Crippen molar-refractivity contribution in [2.75, 3.05) is 0 Å². The Kier molecular flexibility index (Phi) is 4.79. The van der Waals surface area contributed by atoms with E-state index in [9.17, 15) is 0 Å². The molecule has 0 aliphatic carbocycles. The summed E-state index contributed by atoms with van der Waals surface area (Å²) in [5, 5.41) is 0. The summed E-state index contributed by atoms with van der Waals surface area (Å²) in [4.78, 5) is 0. The van der Waals surface area contributed by atoms with Gasteiger partial charge >= 0.3 is 0 Å². The van der Waals surface area contributed by atoms with Crippen molar-refractivity contribution >= 4 is 13.3 Å². The van der Waals surface area contributed by atoms with Crippen molar-refractivity contribution in [3.63, 3.8) is 0 Å². The fourth-order valence-electron chi connectivity index (χ4n) is 1.87. The highest BCUT2D eigenvalue weighted by Gasteiger charge is 2.07. The van der Waals surface area contributed by atoms with E-state index in [0.29, 0.717) is 5.92 Å². The van der Waals surface area contributed by atoms with E-state index >= 15 is 0 Å². The van der Waals surface area contributed by atoms with Gasteiger partial charge in [0, 0.05) is 0 Å². The third-order valence-corrected chi connectivity index (χ3v) is 2.78. The Balaban J connectivity index is 2.68. The van der Waals surface area contributed by atoms with E-state index in [1.807, 2.05) is 6.07 Å². The Morgan fingerprint density at radius 1 is 1.29 bits per heavy atom. The molecule has 0 saturated carbocycles. The lowest BCUT2D eigenvalue weighted by Crippen LogP contribution is -2.05. The molecule has 0 aliphatic rings. The predicted molar refractivity (Wildman–Crippen MR) is 64.4 cm³/mol. The summed E-state index contributed by atoms with van der Waals surface area (Å²) in [5.41, 5.74) is 2.29. The molecule has 1 atom stereocenters. The highest BCUT2D eigenvalue weighted by atomic mass is 14.1. The van der Waals surface area contributed by atoms with Gasteiger partial charge in [-0.15, -0.1) is 0 Å². The lowest BCUT2D eigenvalue weighted by Gasteiger charge is -2.15. The molecule has 0 saturated heterocycles. The van der Waals surface area contributed by atoms with E-state index in [0.717, 1.165) is 5.46 Å². The van der Waals surface area contributed by atoms with E-state index < -0.39 is 0 Å². The normalized spacial score (nSPS) is 12.7. The maximum absolute atomic E-state index is 5.78. The van der Waals surface area contributed by atoms with Gasteiger partial charge in [0.25, 0.3) is 0 Å². The van der Waals surface area contributed by atoms with Crippen LogP contribution in [0, 0.1) is 0 Å². The third-order valence-electron chi connectivity index (χ3n) is 2.78. The maximum atomic E-state index is 5.78. The first-order chi connectivity index (χ1) is 6.77. The van der Waals surface area contributed by atoms with E-state index in [1.54, 1.807) is 0 Å². The van der Waals surface area contributed by atoms with Crippen molar-refractivity contribution in [2.45, 2.75) is 45.4 Å². The molecule has 74 valence electrons. The van der Waals surface area contributed by atoms with Gasteiger partial charge in [-0.25, -0.2) is 0 Å². The highest BCUT2D eigenvalue weighted by Crippen LogP contribution is 2.24. The highest BCUT2D eigenvalue weighted by molar-refractivity contribution is 6.32. The number of hydrogen-bond donors (Lipinski definition) is 0. The van der Waals surface area contributed by atoms with Gasteiger partial charge in [0.2, 0.25) is 0 Å². The molecule has 0 aliphatic heterocycles. The molecular weight excluding hydrogens is 167 g/mol. The second-order valence-corrected chi connectivity index (χ2v) is 3.92. The van der Waals surface area contributed by atoms with Gasteiger partial charge in [0.05, 0.1) is 0 Å². The molecule has 1 rings (SSSR count). The summed E-state index contributed by atoms with van der Waals surface area (Å²) in [6.07, 6.45) is 5.09. The van der Waals surface area contributed by atoms with Gasteiger partial charge in [-0.2, -0.15) is 0 Å². The molecule has 1 unspecified atom stereocenters.